The molecule has 0 spiro atoms. The Bertz CT molecular complexity index is 546. The number of rotatable bonds is 4. The summed E-state index contributed by atoms with van der Waals surface area (Å²) in [5.41, 5.74) is 0.718. The molecular formula is C11H11N5O2. The molecule has 0 amide bonds. The molecule has 18 heavy (non-hydrogen) atoms. The highest BCUT2D eigenvalue weighted by Crippen LogP contribution is 2.08. The molecule has 0 aliphatic carbocycles. The summed E-state index contributed by atoms with van der Waals surface area (Å²) in [5, 5.41) is 8.85. The lowest BCUT2D eigenvalue weighted by molar-refractivity contribution is 0.0690. The van der Waals surface area contributed by atoms with E-state index < -0.39 is 5.97 Å². The summed E-state index contributed by atoms with van der Waals surface area (Å²) in [6.45, 7) is 0.455. The van der Waals surface area contributed by atoms with E-state index in [9.17, 15) is 4.79 Å². The molecule has 0 saturated carbocycles. The van der Waals surface area contributed by atoms with Gasteiger partial charge in [-0.2, -0.15) is 0 Å². The van der Waals surface area contributed by atoms with Crippen LogP contribution in [-0.4, -0.2) is 38.1 Å². The van der Waals surface area contributed by atoms with Gasteiger partial charge in [-0.25, -0.2) is 14.8 Å². The Kier molecular flexibility index (Phi) is 3.42. The minimum Gasteiger partial charge on any atom is -0.477 e. The highest BCUT2D eigenvalue weighted by molar-refractivity contribution is 5.85. The van der Waals surface area contributed by atoms with Gasteiger partial charge in [0, 0.05) is 25.6 Å². The predicted octanol–water partition coefficient (Wildman–Crippen LogP) is 0.601. The van der Waals surface area contributed by atoms with Crippen LogP contribution in [0.5, 0.6) is 0 Å². The van der Waals surface area contributed by atoms with E-state index in [1.807, 2.05) is 0 Å². The van der Waals surface area contributed by atoms with Gasteiger partial charge in [0.2, 0.25) is 5.95 Å². The Morgan fingerprint density at radius 2 is 2.17 bits per heavy atom. The number of aromatic carboxylic acids is 1. The normalized spacial score (nSPS) is 10.1. The van der Waals surface area contributed by atoms with Crippen molar-refractivity contribution >= 4 is 11.9 Å². The SMILES string of the molecule is CN(Cc1cnccn1)c1nccc(C(=O)O)n1. The second-order valence-corrected chi connectivity index (χ2v) is 3.60. The van der Waals surface area contributed by atoms with Crippen molar-refractivity contribution in [2.75, 3.05) is 11.9 Å². The maximum Gasteiger partial charge on any atom is 0.354 e. The molecule has 0 atom stereocenters. The number of hydrogen-bond donors (Lipinski definition) is 1. The van der Waals surface area contributed by atoms with Crippen molar-refractivity contribution in [3.05, 3.63) is 42.2 Å². The fourth-order valence-electron chi connectivity index (χ4n) is 1.38. The van der Waals surface area contributed by atoms with Gasteiger partial charge in [0.05, 0.1) is 18.4 Å². The van der Waals surface area contributed by atoms with E-state index in [0.717, 1.165) is 5.69 Å². The first-order valence-corrected chi connectivity index (χ1v) is 5.19. The third-order valence-electron chi connectivity index (χ3n) is 2.22. The van der Waals surface area contributed by atoms with Crippen LogP contribution in [0, 0.1) is 0 Å². The number of hydrogen-bond acceptors (Lipinski definition) is 6. The van der Waals surface area contributed by atoms with Crippen molar-refractivity contribution in [1.29, 1.82) is 0 Å². The Balaban J connectivity index is 2.16. The van der Waals surface area contributed by atoms with Crippen LogP contribution in [0.2, 0.25) is 0 Å². The zero-order valence-electron chi connectivity index (χ0n) is 9.69. The monoisotopic (exact) mass is 245 g/mol. The number of anilines is 1. The molecule has 0 aromatic carbocycles. The van der Waals surface area contributed by atoms with E-state index in [-0.39, 0.29) is 5.69 Å². The van der Waals surface area contributed by atoms with Gasteiger partial charge >= 0.3 is 5.97 Å². The summed E-state index contributed by atoms with van der Waals surface area (Å²) in [4.78, 5) is 28.5. The average Bonchev–Trinajstić information content (AvgIpc) is 2.40. The highest BCUT2D eigenvalue weighted by Gasteiger charge is 2.10. The molecule has 92 valence electrons. The van der Waals surface area contributed by atoms with E-state index in [1.165, 1.54) is 12.3 Å². The summed E-state index contributed by atoms with van der Waals surface area (Å²) in [6, 6.07) is 1.35. The van der Waals surface area contributed by atoms with Gasteiger partial charge in [-0.3, -0.25) is 9.97 Å². The molecule has 7 nitrogen and oxygen atoms in total. The first kappa shape index (κ1) is 11.9. The van der Waals surface area contributed by atoms with E-state index in [2.05, 4.69) is 19.9 Å². The van der Waals surface area contributed by atoms with E-state index >= 15 is 0 Å². The van der Waals surface area contributed by atoms with Crippen molar-refractivity contribution in [2.24, 2.45) is 0 Å². The van der Waals surface area contributed by atoms with Crippen LogP contribution < -0.4 is 4.90 Å². The van der Waals surface area contributed by atoms with Crippen molar-refractivity contribution in [3.8, 4) is 0 Å². The highest BCUT2D eigenvalue weighted by atomic mass is 16.4. The van der Waals surface area contributed by atoms with Gasteiger partial charge in [0.15, 0.2) is 5.69 Å². The lowest BCUT2D eigenvalue weighted by Crippen LogP contribution is -2.20. The Labute approximate surface area is 103 Å². The third kappa shape index (κ3) is 2.76. The maximum atomic E-state index is 10.8. The van der Waals surface area contributed by atoms with E-state index in [0.29, 0.717) is 12.5 Å². The standard InChI is InChI=1S/C11H11N5O2/c1-16(7-8-6-12-4-5-13-8)11-14-3-2-9(15-11)10(17)18/h2-6H,7H2,1H3,(H,17,18). The molecule has 1 N–H and O–H groups in total. The van der Waals surface area contributed by atoms with Crippen LogP contribution in [0.4, 0.5) is 5.95 Å². The molecule has 0 aliphatic heterocycles. The van der Waals surface area contributed by atoms with Crippen LogP contribution in [0.25, 0.3) is 0 Å². The molecule has 2 heterocycles. The lowest BCUT2D eigenvalue weighted by Gasteiger charge is -2.16. The van der Waals surface area contributed by atoms with Gasteiger partial charge in [0.25, 0.3) is 0 Å². The fourth-order valence-corrected chi connectivity index (χ4v) is 1.38. The summed E-state index contributed by atoms with van der Waals surface area (Å²) < 4.78 is 0. The first-order chi connectivity index (χ1) is 8.66. The third-order valence-corrected chi connectivity index (χ3v) is 2.22. The van der Waals surface area contributed by atoms with Gasteiger partial charge < -0.3 is 10.0 Å². The molecular weight excluding hydrogens is 234 g/mol. The topological polar surface area (TPSA) is 92.1 Å². The van der Waals surface area contributed by atoms with Crippen LogP contribution in [0.15, 0.2) is 30.9 Å². The number of nitrogens with zero attached hydrogens (tertiary/aromatic N) is 5. The fraction of sp³-hybridized carbons (Fsp3) is 0.182. The van der Waals surface area contributed by atoms with E-state index in [4.69, 9.17) is 5.11 Å². The van der Waals surface area contributed by atoms with Crippen molar-refractivity contribution < 1.29 is 9.90 Å². The van der Waals surface area contributed by atoms with Crippen LogP contribution >= 0.6 is 0 Å². The number of carboxylic acid groups (broad SMARTS) is 1. The Hall–Kier alpha value is -2.57. The van der Waals surface area contributed by atoms with Gasteiger partial charge in [-0.1, -0.05) is 0 Å². The summed E-state index contributed by atoms with van der Waals surface area (Å²) in [5.74, 6) is -0.743. The summed E-state index contributed by atoms with van der Waals surface area (Å²) >= 11 is 0. The number of aromatic nitrogens is 4. The van der Waals surface area contributed by atoms with Gasteiger partial charge in [-0.05, 0) is 6.07 Å². The van der Waals surface area contributed by atoms with Crippen LogP contribution in [0.1, 0.15) is 16.2 Å². The summed E-state index contributed by atoms with van der Waals surface area (Å²) in [6.07, 6.45) is 6.24. The maximum absolute atomic E-state index is 10.8. The molecule has 0 aliphatic rings. The zero-order chi connectivity index (χ0) is 13.0. The van der Waals surface area contributed by atoms with E-state index in [1.54, 1.807) is 30.5 Å². The molecule has 2 aromatic heterocycles. The molecule has 7 heteroatoms. The molecule has 0 unspecified atom stereocenters. The molecule has 2 rings (SSSR count). The zero-order valence-corrected chi connectivity index (χ0v) is 9.69. The second kappa shape index (κ2) is 5.17. The smallest absolute Gasteiger partial charge is 0.354 e. The predicted molar refractivity (Wildman–Crippen MR) is 63.1 cm³/mol. The second-order valence-electron chi connectivity index (χ2n) is 3.60. The van der Waals surface area contributed by atoms with Gasteiger partial charge in [0.1, 0.15) is 0 Å². The largest absolute Gasteiger partial charge is 0.477 e. The van der Waals surface area contributed by atoms with Gasteiger partial charge in [-0.15, -0.1) is 0 Å². The van der Waals surface area contributed by atoms with Crippen LogP contribution in [0.3, 0.4) is 0 Å². The molecule has 0 radical (unpaired) electrons. The molecule has 0 bridgehead atoms. The first-order valence-electron chi connectivity index (χ1n) is 5.19. The summed E-state index contributed by atoms with van der Waals surface area (Å²) in [7, 11) is 1.76. The number of carboxylic acids is 1. The van der Waals surface area contributed by atoms with Crippen molar-refractivity contribution in [2.45, 2.75) is 6.54 Å². The van der Waals surface area contributed by atoms with Crippen LogP contribution in [-0.2, 0) is 6.54 Å². The molecule has 0 saturated heterocycles. The van der Waals surface area contributed by atoms with Crippen molar-refractivity contribution in [1.82, 2.24) is 19.9 Å². The lowest BCUT2D eigenvalue weighted by atomic mass is 10.4. The Morgan fingerprint density at radius 3 is 2.83 bits per heavy atom. The minimum absolute atomic E-state index is 0.0361. The quantitative estimate of drug-likeness (QED) is 0.843. The Morgan fingerprint density at radius 1 is 1.33 bits per heavy atom. The molecule has 0 fully saturated rings. The minimum atomic E-state index is -1.08. The number of carbonyl (C=O) groups is 1. The molecule has 2 aromatic rings. The van der Waals surface area contributed by atoms with Crippen molar-refractivity contribution in [3.63, 3.8) is 0 Å². The average molecular weight is 245 g/mol.